The van der Waals surface area contributed by atoms with Gasteiger partial charge in [-0.25, -0.2) is 9.78 Å². The van der Waals surface area contributed by atoms with Gasteiger partial charge in [0.05, 0.1) is 6.20 Å². The van der Waals surface area contributed by atoms with Gasteiger partial charge in [0, 0.05) is 18.4 Å². The van der Waals surface area contributed by atoms with Crippen LogP contribution >= 0.6 is 0 Å². The third-order valence-electron chi connectivity index (χ3n) is 4.39. The summed E-state index contributed by atoms with van der Waals surface area (Å²) < 4.78 is 0. The van der Waals surface area contributed by atoms with E-state index in [0.29, 0.717) is 12.3 Å². The van der Waals surface area contributed by atoms with Crippen LogP contribution in [-0.2, 0) is 4.79 Å². The first kappa shape index (κ1) is 13.0. The number of carboxylic acids is 1. The van der Waals surface area contributed by atoms with Gasteiger partial charge in [0.1, 0.15) is 11.7 Å². The zero-order valence-electron chi connectivity index (χ0n) is 11.1. The topological polar surface area (TPSA) is 83.4 Å². The third kappa shape index (κ3) is 2.15. The van der Waals surface area contributed by atoms with E-state index in [-0.39, 0.29) is 17.6 Å². The summed E-state index contributed by atoms with van der Waals surface area (Å²) in [5.41, 5.74) is 0.227. The zero-order chi connectivity index (χ0) is 14.1. The number of aromatic nitrogens is 2. The molecule has 1 saturated heterocycles. The number of carbonyl (C=O) groups is 2. The SMILES string of the molecule is O=C(O)[C@@H]1C[C@@H]2CCCC[C@H]2N1C(=O)c1cnccn1. The summed E-state index contributed by atoms with van der Waals surface area (Å²) in [7, 11) is 0. The Morgan fingerprint density at radius 3 is 2.75 bits per heavy atom. The minimum absolute atomic E-state index is 0.0411. The fourth-order valence-corrected chi connectivity index (χ4v) is 3.51. The number of carboxylic acid groups (broad SMARTS) is 1. The summed E-state index contributed by atoms with van der Waals surface area (Å²) >= 11 is 0. The number of aliphatic carboxylic acids is 1. The van der Waals surface area contributed by atoms with Gasteiger partial charge in [0.15, 0.2) is 0 Å². The first-order valence-corrected chi connectivity index (χ1v) is 7.00. The summed E-state index contributed by atoms with van der Waals surface area (Å²) in [6.07, 6.45) is 9.00. The Bertz CT molecular complexity index is 520. The molecular formula is C14H17N3O3. The molecule has 1 aliphatic carbocycles. The lowest BCUT2D eigenvalue weighted by Gasteiger charge is -2.32. The van der Waals surface area contributed by atoms with Crippen LogP contribution in [0, 0.1) is 5.92 Å². The van der Waals surface area contributed by atoms with Crippen LogP contribution in [0.3, 0.4) is 0 Å². The van der Waals surface area contributed by atoms with Crippen molar-refractivity contribution < 1.29 is 14.7 Å². The van der Waals surface area contributed by atoms with Gasteiger partial charge in [0.25, 0.3) is 5.91 Å². The van der Waals surface area contributed by atoms with E-state index in [9.17, 15) is 14.7 Å². The summed E-state index contributed by atoms with van der Waals surface area (Å²) in [6.45, 7) is 0. The Labute approximate surface area is 116 Å². The van der Waals surface area contributed by atoms with Crippen molar-refractivity contribution in [3.05, 3.63) is 24.3 Å². The lowest BCUT2D eigenvalue weighted by atomic mass is 9.84. The van der Waals surface area contributed by atoms with E-state index in [0.717, 1.165) is 25.7 Å². The van der Waals surface area contributed by atoms with Crippen LogP contribution in [0.2, 0.25) is 0 Å². The molecule has 0 bridgehead atoms. The maximum Gasteiger partial charge on any atom is 0.326 e. The monoisotopic (exact) mass is 275 g/mol. The number of hydrogen-bond donors (Lipinski definition) is 1. The van der Waals surface area contributed by atoms with E-state index in [1.165, 1.54) is 23.5 Å². The molecule has 1 amide bonds. The van der Waals surface area contributed by atoms with Crippen molar-refractivity contribution in [2.45, 2.75) is 44.2 Å². The Kier molecular flexibility index (Phi) is 3.38. The highest BCUT2D eigenvalue weighted by molar-refractivity contribution is 5.95. The standard InChI is InChI=1S/C14H17N3O3/c18-13(10-8-15-5-6-16-10)17-11-4-2-1-3-9(11)7-12(17)14(19)20/h5-6,8-9,11-12H,1-4,7H2,(H,19,20)/t9-,11+,12-/m0/s1. The van der Waals surface area contributed by atoms with Gasteiger partial charge in [-0.1, -0.05) is 12.8 Å². The van der Waals surface area contributed by atoms with Crippen LogP contribution in [0.4, 0.5) is 0 Å². The molecular weight excluding hydrogens is 258 g/mol. The fraction of sp³-hybridized carbons (Fsp3) is 0.571. The molecule has 106 valence electrons. The van der Waals surface area contributed by atoms with Crippen LogP contribution < -0.4 is 0 Å². The molecule has 3 atom stereocenters. The molecule has 2 aliphatic rings. The molecule has 1 aromatic heterocycles. The molecule has 6 heteroatoms. The first-order valence-electron chi connectivity index (χ1n) is 7.00. The van der Waals surface area contributed by atoms with E-state index >= 15 is 0 Å². The second-order valence-electron chi connectivity index (χ2n) is 5.50. The molecule has 1 aromatic rings. The molecule has 2 fully saturated rings. The first-order chi connectivity index (χ1) is 9.68. The summed E-state index contributed by atoms with van der Waals surface area (Å²) in [4.78, 5) is 33.5. The Hall–Kier alpha value is -1.98. The number of rotatable bonds is 2. The average molecular weight is 275 g/mol. The second kappa shape index (κ2) is 5.19. The van der Waals surface area contributed by atoms with Gasteiger partial charge in [-0.3, -0.25) is 9.78 Å². The smallest absolute Gasteiger partial charge is 0.326 e. The number of carbonyl (C=O) groups excluding carboxylic acids is 1. The predicted octanol–water partition coefficient (Wildman–Crippen LogP) is 1.33. The van der Waals surface area contributed by atoms with Gasteiger partial charge in [-0.05, 0) is 25.2 Å². The van der Waals surface area contributed by atoms with Crippen LogP contribution in [0.15, 0.2) is 18.6 Å². The highest BCUT2D eigenvalue weighted by atomic mass is 16.4. The molecule has 0 aromatic carbocycles. The van der Waals surface area contributed by atoms with Gasteiger partial charge in [0.2, 0.25) is 0 Å². The maximum absolute atomic E-state index is 12.6. The lowest BCUT2D eigenvalue weighted by molar-refractivity contribution is -0.141. The second-order valence-corrected chi connectivity index (χ2v) is 5.50. The van der Waals surface area contributed by atoms with E-state index < -0.39 is 12.0 Å². The molecule has 0 unspecified atom stereocenters. The average Bonchev–Trinajstić information content (AvgIpc) is 2.87. The quantitative estimate of drug-likeness (QED) is 0.880. The van der Waals surface area contributed by atoms with Crippen molar-refractivity contribution in [3.63, 3.8) is 0 Å². The number of hydrogen-bond acceptors (Lipinski definition) is 4. The van der Waals surface area contributed by atoms with E-state index in [4.69, 9.17) is 0 Å². The minimum Gasteiger partial charge on any atom is -0.480 e. The van der Waals surface area contributed by atoms with Gasteiger partial charge in [-0.15, -0.1) is 0 Å². The highest BCUT2D eigenvalue weighted by Gasteiger charge is 2.47. The number of nitrogens with zero attached hydrogens (tertiary/aromatic N) is 3. The van der Waals surface area contributed by atoms with Crippen LogP contribution in [0.25, 0.3) is 0 Å². The van der Waals surface area contributed by atoms with Gasteiger partial charge in [-0.2, -0.15) is 0 Å². The van der Waals surface area contributed by atoms with Crippen molar-refractivity contribution >= 4 is 11.9 Å². The number of likely N-dealkylation sites (tertiary alicyclic amines) is 1. The fourth-order valence-electron chi connectivity index (χ4n) is 3.51. The Morgan fingerprint density at radius 2 is 2.05 bits per heavy atom. The van der Waals surface area contributed by atoms with Crippen molar-refractivity contribution in [2.24, 2.45) is 5.92 Å². The molecule has 0 radical (unpaired) electrons. The number of amides is 1. The molecule has 1 aliphatic heterocycles. The molecule has 20 heavy (non-hydrogen) atoms. The summed E-state index contributed by atoms with van der Waals surface area (Å²) in [6, 6.07) is -0.683. The van der Waals surface area contributed by atoms with Crippen molar-refractivity contribution in [1.82, 2.24) is 14.9 Å². The molecule has 0 spiro atoms. The molecule has 1 saturated carbocycles. The van der Waals surface area contributed by atoms with Gasteiger partial charge >= 0.3 is 5.97 Å². The van der Waals surface area contributed by atoms with Crippen LogP contribution in [0.5, 0.6) is 0 Å². The van der Waals surface area contributed by atoms with Crippen LogP contribution in [0.1, 0.15) is 42.6 Å². The molecule has 3 rings (SSSR count). The lowest BCUT2D eigenvalue weighted by Crippen LogP contribution is -2.46. The summed E-state index contributed by atoms with van der Waals surface area (Å²) in [5.74, 6) is -0.915. The van der Waals surface area contributed by atoms with E-state index in [1.807, 2.05) is 0 Å². The van der Waals surface area contributed by atoms with Crippen LogP contribution in [-0.4, -0.2) is 43.9 Å². The number of fused-ring (bicyclic) bond motifs is 1. The van der Waals surface area contributed by atoms with E-state index in [1.54, 1.807) is 0 Å². The molecule has 6 nitrogen and oxygen atoms in total. The van der Waals surface area contributed by atoms with Crippen molar-refractivity contribution in [3.8, 4) is 0 Å². The molecule has 2 heterocycles. The summed E-state index contributed by atoms with van der Waals surface area (Å²) in [5, 5.41) is 9.40. The largest absolute Gasteiger partial charge is 0.480 e. The minimum atomic E-state index is -0.920. The van der Waals surface area contributed by atoms with Gasteiger partial charge < -0.3 is 10.0 Å². The Balaban J connectivity index is 1.91. The highest BCUT2D eigenvalue weighted by Crippen LogP contribution is 2.40. The maximum atomic E-state index is 12.6. The predicted molar refractivity (Wildman–Crippen MR) is 70.0 cm³/mol. The van der Waals surface area contributed by atoms with Crippen molar-refractivity contribution in [1.29, 1.82) is 0 Å². The molecule has 1 N–H and O–H groups in total. The van der Waals surface area contributed by atoms with Crippen molar-refractivity contribution in [2.75, 3.05) is 0 Å². The normalized spacial score (nSPS) is 29.0. The van der Waals surface area contributed by atoms with E-state index in [2.05, 4.69) is 9.97 Å². The zero-order valence-corrected chi connectivity index (χ0v) is 11.1. The Morgan fingerprint density at radius 1 is 1.25 bits per heavy atom. The third-order valence-corrected chi connectivity index (χ3v) is 4.39.